The Morgan fingerprint density at radius 2 is 2.00 bits per heavy atom. The second kappa shape index (κ2) is 5.62. The molecule has 0 radical (unpaired) electrons. The molecule has 3 rings (SSSR count). The highest BCUT2D eigenvalue weighted by molar-refractivity contribution is 5.37. The molecule has 0 amide bonds. The lowest BCUT2D eigenvalue weighted by molar-refractivity contribution is 0.192. The van der Waals surface area contributed by atoms with Crippen molar-refractivity contribution in [2.75, 3.05) is 18.0 Å². The Kier molecular flexibility index (Phi) is 4.03. The lowest BCUT2D eigenvalue weighted by Gasteiger charge is -2.42. The fraction of sp³-hybridized carbons (Fsp3) is 0.778. The summed E-state index contributed by atoms with van der Waals surface area (Å²) in [5.41, 5.74) is 7.42. The molecule has 2 atom stereocenters. The van der Waals surface area contributed by atoms with E-state index in [0.29, 0.717) is 11.9 Å². The van der Waals surface area contributed by atoms with E-state index in [1.54, 1.807) is 0 Å². The Balaban J connectivity index is 1.75. The molecule has 1 saturated carbocycles. The Morgan fingerprint density at radius 1 is 1.35 bits per heavy atom. The summed E-state index contributed by atoms with van der Waals surface area (Å²) in [6, 6.07) is 0.314. The van der Waals surface area contributed by atoms with Crippen LogP contribution < -0.4 is 16.2 Å². The molecule has 0 unspecified atom stereocenters. The maximum Gasteiger partial charge on any atom is 0.291 e. The van der Waals surface area contributed by atoms with Crippen LogP contribution in [0.15, 0.2) is 11.0 Å². The maximum atomic E-state index is 12.4. The zero-order chi connectivity index (χ0) is 16.8. The molecule has 0 bridgehead atoms. The summed E-state index contributed by atoms with van der Waals surface area (Å²) in [7, 11) is 0. The van der Waals surface area contributed by atoms with Crippen molar-refractivity contribution in [1.29, 1.82) is 0 Å². The molecular weight excluding hydrogens is 288 g/mol. The Hall–Kier alpha value is -1.36. The first-order valence-corrected chi connectivity index (χ1v) is 8.82. The van der Waals surface area contributed by atoms with Gasteiger partial charge in [-0.3, -0.25) is 4.79 Å². The SMILES string of the molecule is C[C@H]1C[C@@H](N)C2(CCN(c3ncc(C(C)(C)C)[nH]c3=O)CC2)C1. The van der Waals surface area contributed by atoms with Gasteiger partial charge in [-0.1, -0.05) is 27.7 Å². The zero-order valence-corrected chi connectivity index (χ0v) is 14.9. The Morgan fingerprint density at radius 3 is 2.48 bits per heavy atom. The maximum absolute atomic E-state index is 12.4. The van der Waals surface area contributed by atoms with E-state index in [4.69, 9.17) is 5.73 Å². The molecule has 1 aromatic heterocycles. The molecule has 128 valence electrons. The third kappa shape index (κ3) is 3.03. The van der Waals surface area contributed by atoms with Crippen molar-refractivity contribution in [3.05, 3.63) is 22.2 Å². The van der Waals surface area contributed by atoms with Gasteiger partial charge in [0.1, 0.15) is 0 Å². The van der Waals surface area contributed by atoms with Gasteiger partial charge in [-0.05, 0) is 37.0 Å². The third-order valence-corrected chi connectivity index (χ3v) is 5.83. The van der Waals surface area contributed by atoms with Gasteiger partial charge in [-0.15, -0.1) is 0 Å². The van der Waals surface area contributed by atoms with E-state index in [9.17, 15) is 4.79 Å². The number of piperidine rings is 1. The van der Waals surface area contributed by atoms with Crippen LogP contribution in [0.2, 0.25) is 0 Å². The van der Waals surface area contributed by atoms with E-state index < -0.39 is 0 Å². The lowest BCUT2D eigenvalue weighted by Crippen LogP contribution is -2.48. The summed E-state index contributed by atoms with van der Waals surface area (Å²) in [6.07, 6.45) is 6.32. The van der Waals surface area contributed by atoms with Crippen LogP contribution in [-0.2, 0) is 5.41 Å². The number of nitrogens with one attached hydrogen (secondary N) is 1. The van der Waals surface area contributed by atoms with Gasteiger partial charge in [-0.25, -0.2) is 4.98 Å². The molecule has 1 aliphatic carbocycles. The molecule has 2 heterocycles. The van der Waals surface area contributed by atoms with Crippen molar-refractivity contribution in [3.8, 4) is 0 Å². The van der Waals surface area contributed by atoms with Crippen LogP contribution in [0.25, 0.3) is 0 Å². The minimum Gasteiger partial charge on any atom is -0.352 e. The molecule has 2 aliphatic rings. The Labute approximate surface area is 138 Å². The molecular formula is C18H30N4O. The van der Waals surface area contributed by atoms with Gasteiger partial charge in [0.2, 0.25) is 0 Å². The van der Waals surface area contributed by atoms with Gasteiger partial charge in [0, 0.05) is 36.4 Å². The number of aromatic amines is 1. The third-order valence-electron chi connectivity index (χ3n) is 5.83. The van der Waals surface area contributed by atoms with E-state index in [-0.39, 0.29) is 16.4 Å². The number of hydrogen-bond donors (Lipinski definition) is 2. The first kappa shape index (κ1) is 16.5. The number of rotatable bonds is 1. The first-order chi connectivity index (χ1) is 10.7. The molecule has 23 heavy (non-hydrogen) atoms. The van der Waals surface area contributed by atoms with Gasteiger partial charge in [0.05, 0.1) is 0 Å². The second-order valence-electron chi connectivity index (χ2n) is 8.70. The summed E-state index contributed by atoms with van der Waals surface area (Å²) in [6.45, 7) is 10.3. The highest BCUT2D eigenvalue weighted by atomic mass is 16.1. The molecule has 5 heteroatoms. The molecule has 1 spiro atoms. The van der Waals surface area contributed by atoms with Crippen LogP contribution in [0.4, 0.5) is 5.82 Å². The normalized spacial score (nSPS) is 27.6. The van der Waals surface area contributed by atoms with E-state index in [0.717, 1.165) is 44.0 Å². The highest BCUT2D eigenvalue weighted by Crippen LogP contribution is 2.48. The predicted octanol–water partition coefficient (Wildman–Crippen LogP) is 2.41. The largest absolute Gasteiger partial charge is 0.352 e. The van der Waals surface area contributed by atoms with E-state index in [1.165, 1.54) is 6.42 Å². The monoisotopic (exact) mass is 318 g/mol. The molecule has 5 nitrogen and oxygen atoms in total. The summed E-state index contributed by atoms with van der Waals surface area (Å²) in [5.74, 6) is 1.29. The van der Waals surface area contributed by atoms with Crippen LogP contribution in [-0.4, -0.2) is 29.1 Å². The molecule has 1 saturated heterocycles. The number of anilines is 1. The summed E-state index contributed by atoms with van der Waals surface area (Å²) in [4.78, 5) is 22.0. The fourth-order valence-electron chi connectivity index (χ4n) is 4.35. The second-order valence-corrected chi connectivity index (χ2v) is 8.70. The Bertz CT molecular complexity index is 623. The van der Waals surface area contributed by atoms with Crippen LogP contribution in [0, 0.1) is 11.3 Å². The summed E-state index contributed by atoms with van der Waals surface area (Å²) >= 11 is 0. The number of nitrogens with two attached hydrogens (primary N) is 1. The van der Waals surface area contributed by atoms with Crippen molar-refractivity contribution in [2.45, 2.75) is 64.8 Å². The zero-order valence-electron chi connectivity index (χ0n) is 14.9. The van der Waals surface area contributed by atoms with Crippen LogP contribution in [0.3, 0.4) is 0 Å². The molecule has 3 N–H and O–H groups in total. The van der Waals surface area contributed by atoms with Crippen molar-refractivity contribution < 1.29 is 0 Å². The number of H-pyrrole nitrogens is 1. The van der Waals surface area contributed by atoms with Crippen molar-refractivity contribution in [1.82, 2.24) is 9.97 Å². The quantitative estimate of drug-likeness (QED) is 0.834. The number of hydrogen-bond acceptors (Lipinski definition) is 4. The van der Waals surface area contributed by atoms with Gasteiger partial charge in [0.15, 0.2) is 5.82 Å². The molecule has 1 aliphatic heterocycles. The number of aromatic nitrogens is 2. The summed E-state index contributed by atoms with van der Waals surface area (Å²) < 4.78 is 0. The van der Waals surface area contributed by atoms with Gasteiger partial charge in [-0.2, -0.15) is 0 Å². The minimum absolute atomic E-state index is 0.0718. The van der Waals surface area contributed by atoms with Gasteiger partial charge < -0.3 is 15.6 Å². The lowest BCUT2D eigenvalue weighted by atomic mass is 9.74. The first-order valence-electron chi connectivity index (χ1n) is 8.82. The average Bonchev–Trinajstić information content (AvgIpc) is 2.73. The number of nitrogens with zero attached hydrogens (tertiary/aromatic N) is 2. The van der Waals surface area contributed by atoms with Crippen LogP contribution >= 0.6 is 0 Å². The predicted molar refractivity (Wildman–Crippen MR) is 93.8 cm³/mol. The van der Waals surface area contributed by atoms with Crippen LogP contribution in [0.1, 0.15) is 59.1 Å². The van der Waals surface area contributed by atoms with E-state index in [1.807, 2.05) is 6.20 Å². The van der Waals surface area contributed by atoms with Crippen LogP contribution in [0.5, 0.6) is 0 Å². The molecule has 1 aromatic rings. The van der Waals surface area contributed by atoms with Gasteiger partial charge >= 0.3 is 0 Å². The fourth-order valence-corrected chi connectivity index (χ4v) is 4.35. The molecule has 0 aromatic carbocycles. The minimum atomic E-state index is -0.0938. The standard InChI is InChI=1S/C18H30N4O/c1-12-9-13(19)18(10-12)5-7-22(8-6-18)15-16(23)21-14(11-20-15)17(2,3)4/h11-13H,5-10,19H2,1-4H3,(H,21,23)/t12-,13+/m0/s1. The topological polar surface area (TPSA) is 75.0 Å². The van der Waals surface area contributed by atoms with Gasteiger partial charge in [0.25, 0.3) is 5.56 Å². The summed E-state index contributed by atoms with van der Waals surface area (Å²) in [5, 5.41) is 0. The van der Waals surface area contributed by atoms with Crippen molar-refractivity contribution in [2.24, 2.45) is 17.1 Å². The molecule has 2 fully saturated rings. The van der Waals surface area contributed by atoms with E-state index >= 15 is 0 Å². The average molecular weight is 318 g/mol. The van der Waals surface area contributed by atoms with E-state index in [2.05, 4.69) is 42.6 Å². The smallest absolute Gasteiger partial charge is 0.291 e. The van der Waals surface area contributed by atoms with Crippen molar-refractivity contribution in [3.63, 3.8) is 0 Å². The highest BCUT2D eigenvalue weighted by Gasteiger charge is 2.45. The van der Waals surface area contributed by atoms with Crippen molar-refractivity contribution >= 4 is 5.82 Å².